The van der Waals surface area contributed by atoms with Crippen LogP contribution in [0, 0.1) is 0 Å². The van der Waals surface area contributed by atoms with Gasteiger partial charge in [-0.25, -0.2) is 9.69 Å². The standard InChI is InChI=1S/C21H18N2O8/c1-27-15-6-4-11(17(28-2)18(15)29-3)8-13-19(24)22-21(26)23(20(13)25)12-5-7-14-16(9-12)31-10-30-14/h4-9H,10H2,1-3H3,(H,22,24,26). The number of amides is 4. The predicted octanol–water partition coefficient (Wildman–Crippen LogP) is 2.11. The van der Waals surface area contributed by atoms with Gasteiger partial charge in [0.05, 0.1) is 27.0 Å². The van der Waals surface area contributed by atoms with Gasteiger partial charge in [0, 0.05) is 11.6 Å². The fourth-order valence-electron chi connectivity index (χ4n) is 3.31. The van der Waals surface area contributed by atoms with Crippen molar-refractivity contribution in [3.8, 4) is 28.7 Å². The first-order valence-electron chi connectivity index (χ1n) is 9.08. The molecule has 0 aliphatic carbocycles. The van der Waals surface area contributed by atoms with Gasteiger partial charge in [-0.05, 0) is 30.3 Å². The number of carbonyl (C=O) groups is 3. The summed E-state index contributed by atoms with van der Waals surface area (Å²) < 4.78 is 26.5. The fourth-order valence-corrected chi connectivity index (χ4v) is 3.31. The highest BCUT2D eigenvalue weighted by Gasteiger charge is 2.37. The molecule has 1 fully saturated rings. The van der Waals surface area contributed by atoms with Gasteiger partial charge in [-0.15, -0.1) is 0 Å². The lowest BCUT2D eigenvalue weighted by atomic mass is 10.0. The molecule has 1 saturated heterocycles. The lowest BCUT2D eigenvalue weighted by Gasteiger charge is -2.26. The Morgan fingerprint density at radius 2 is 1.68 bits per heavy atom. The van der Waals surface area contributed by atoms with Crippen LogP contribution in [0.15, 0.2) is 35.9 Å². The number of ether oxygens (including phenoxy) is 5. The van der Waals surface area contributed by atoms with Crippen LogP contribution in [-0.4, -0.2) is 46.0 Å². The van der Waals surface area contributed by atoms with Crippen LogP contribution in [0.5, 0.6) is 28.7 Å². The molecular weight excluding hydrogens is 408 g/mol. The molecule has 2 aliphatic heterocycles. The zero-order chi connectivity index (χ0) is 22.1. The zero-order valence-corrected chi connectivity index (χ0v) is 16.9. The number of anilines is 1. The summed E-state index contributed by atoms with van der Waals surface area (Å²) >= 11 is 0. The van der Waals surface area contributed by atoms with Crippen LogP contribution in [0.25, 0.3) is 6.08 Å². The monoisotopic (exact) mass is 426 g/mol. The van der Waals surface area contributed by atoms with Crippen molar-refractivity contribution < 1.29 is 38.1 Å². The number of nitrogens with one attached hydrogen (secondary N) is 1. The van der Waals surface area contributed by atoms with Gasteiger partial charge in [-0.3, -0.25) is 14.9 Å². The van der Waals surface area contributed by atoms with Gasteiger partial charge in [0.15, 0.2) is 23.0 Å². The van der Waals surface area contributed by atoms with Crippen LogP contribution in [0.1, 0.15) is 5.56 Å². The molecule has 0 saturated carbocycles. The number of carbonyl (C=O) groups excluding carboxylic acids is 3. The molecule has 4 amide bonds. The molecule has 0 aromatic heterocycles. The first-order valence-corrected chi connectivity index (χ1v) is 9.08. The van der Waals surface area contributed by atoms with Gasteiger partial charge < -0.3 is 23.7 Å². The molecule has 2 heterocycles. The van der Waals surface area contributed by atoms with E-state index in [1.165, 1.54) is 39.5 Å². The van der Waals surface area contributed by atoms with E-state index in [0.29, 0.717) is 28.6 Å². The summed E-state index contributed by atoms with van der Waals surface area (Å²) in [6, 6.07) is 6.94. The molecular formula is C21H18N2O8. The highest BCUT2D eigenvalue weighted by molar-refractivity contribution is 6.39. The van der Waals surface area contributed by atoms with Gasteiger partial charge >= 0.3 is 6.03 Å². The topological polar surface area (TPSA) is 113 Å². The molecule has 0 radical (unpaired) electrons. The predicted molar refractivity (Wildman–Crippen MR) is 108 cm³/mol. The van der Waals surface area contributed by atoms with E-state index in [1.807, 2.05) is 0 Å². The number of benzene rings is 2. The minimum absolute atomic E-state index is 0.0433. The molecule has 4 rings (SSSR count). The van der Waals surface area contributed by atoms with Crippen molar-refractivity contribution in [2.75, 3.05) is 33.0 Å². The first-order chi connectivity index (χ1) is 15.0. The van der Waals surface area contributed by atoms with Crippen LogP contribution in [0.4, 0.5) is 10.5 Å². The van der Waals surface area contributed by atoms with Crippen LogP contribution in [0.2, 0.25) is 0 Å². The number of fused-ring (bicyclic) bond motifs is 1. The lowest BCUT2D eigenvalue weighted by molar-refractivity contribution is -0.122. The third kappa shape index (κ3) is 3.37. The second-order valence-electron chi connectivity index (χ2n) is 6.42. The van der Waals surface area contributed by atoms with E-state index < -0.39 is 17.8 Å². The van der Waals surface area contributed by atoms with E-state index in [9.17, 15) is 14.4 Å². The molecule has 0 bridgehead atoms. The van der Waals surface area contributed by atoms with Crippen LogP contribution in [-0.2, 0) is 9.59 Å². The van der Waals surface area contributed by atoms with Crippen molar-refractivity contribution in [1.82, 2.24) is 5.32 Å². The number of barbiturate groups is 1. The Kier molecular flexibility index (Phi) is 5.12. The summed E-state index contributed by atoms with van der Waals surface area (Å²) in [5.41, 5.74) is 0.353. The summed E-state index contributed by atoms with van der Waals surface area (Å²) in [6.45, 7) is 0.0433. The molecule has 0 spiro atoms. The van der Waals surface area contributed by atoms with E-state index in [-0.39, 0.29) is 23.8 Å². The number of imide groups is 2. The van der Waals surface area contributed by atoms with Crippen molar-refractivity contribution in [2.24, 2.45) is 0 Å². The second kappa shape index (κ2) is 7.90. The maximum Gasteiger partial charge on any atom is 0.335 e. The SMILES string of the molecule is COc1ccc(C=C2C(=O)NC(=O)N(c3ccc4c(c3)OCO4)C2=O)c(OC)c1OC. The smallest absolute Gasteiger partial charge is 0.335 e. The highest BCUT2D eigenvalue weighted by Crippen LogP contribution is 2.41. The third-order valence-corrected chi connectivity index (χ3v) is 4.75. The molecule has 1 N–H and O–H groups in total. The van der Waals surface area contributed by atoms with Crippen molar-refractivity contribution in [2.45, 2.75) is 0 Å². The van der Waals surface area contributed by atoms with Crippen molar-refractivity contribution in [3.63, 3.8) is 0 Å². The van der Waals surface area contributed by atoms with Crippen molar-refractivity contribution in [1.29, 1.82) is 0 Å². The number of rotatable bonds is 5. The van der Waals surface area contributed by atoms with E-state index in [0.717, 1.165) is 4.90 Å². The van der Waals surface area contributed by atoms with Crippen LogP contribution >= 0.6 is 0 Å². The highest BCUT2D eigenvalue weighted by atomic mass is 16.7. The second-order valence-corrected chi connectivity index (χ2v) is 6.42. The third-order valence-electron chi connectivity index (χ3n) is 4.75. The molecule has 0 atom stereocenters. The summed E-state index contributed by atoms with van der Waals surface area (Å²) in [4.78, 5) is 38.9. The number of hydrogen-bond donors (Lipinski definition) is 1. The van der Waals surface area contributed by atoms with Gasteiger partial charge in [0.25, 0.3) is 11.8 Å². The normalized spacial score (nSPS) is 16.4. The molecule has 0 unspecified atom stereocenters. The van der Waals surface area contributed by atoms with Crippen molar-refractivity contribution >= 4 is 29.6 Å². The maximum atomic E-state index is 13.1. The number of nitrogens with zero attached hydrogens (tertiary/aromatic N) is 1. The average molecular weight is 426 g/mol. The van der Waals surface area contributed by atoms with Gasteiger partial charge in [-0.2, -0.15) is 0 Å². The Morgan fingerprint density at radius 1 is 0.935 bits per heavy atom. The van der Waals surface area contributed by atoms with Crippen LogP contribution in [0.3, 0.4) is 0 Å². The zero-order valence-electron chi connectivity index (χ0n) is 16.9. The van der Waals surface area contributed by atoms with Gasteiger partial charge in [0.1, 0.15) is 5.57 Å². The molecule has 10 nitrogen and oxygen atoms in total. The Hall–Kier alpha value is -4.21. The van der Waals surface area contributed by atoms with Crippen LogP contribution < -0.4 is 33.9 Å². The fraction of sp³-hybridized carbons (Fsp3) is 0.190. The Balaban J connectivity index is 1.77. The summed E-state index contributed by atoms with van der Waals surface area (Å²) in [7, 11) is 4.34. The van der Waals surface area contributed by atoms with E-state index in [2.05, 4.69) is 5.32 Å². The maximum absolute atomic E-state index is 13.1. The first kappa shape index (κ1) is 20.1. The quantitative estimate of drug-likeness (QED) is 0.571. The molecule has 2 aliphatic rings. The molecule has 10 heteroatoms. The minimum atomic E-state index is -0.870. The Morgan fingerprint density at radius 3 is 2.39 bits per heavy atom. The molecule has 31 heavy (non-hydrogen) atoms. The van der Waals surface area contributed by atoms with E-state index in [4.69, 9.17) is 23.7 Å². The number of hydrogen-bond acceptors (Lipinski definition) is 8. The van der Waals surface area contributed by atoms with Gasteiger partial charge in [0.2, 0.25) is 12.5 Å². The summed E-state index contributed by atoms with van der Waals surface area (Å²) in [5.74, 6) is 0.234. The summed E-state index contributed by atoms with van der Waals surface area (Å²) in [6.07, 6.45) is 1.32. The van der Waals surface area contributed by atoms with E-state index in [1.54, 1.807) is 18.2 Å². The van der Waals surface area contributed by atoms with E-state index >= 15 is 0 Å². The Bertz CT molecular complexity index is 1120. The number of urea groups is 1. The molecule has 2 aromatic carbocycles. The number of methoxy groups -OCH3 is 3. The largest absolute Gasteiger partial charge is 0.493 e. The summed E-state index contributed by atoms with van der Waals surface area (Å²) in [5, 5.41) is 2.18. The van der Waals surface area contributed by atoms with Crippen molar-refractivity contribution in [3.05, 3.63) is 41.5 Å². The van der Waals surface area contributed by atoms with Gasteiger partial charge in [-0.1, -0.05) is 0 Å². The molecule has 160 valence electrons. The molecule has 2 aromatic rings. The average Bonchev–Trinajstić information content (AvgIpc) is 3.23. The minimum Gasteiger partial charge on any atom is -0.493 e. The Labute approximate surface area is 176 Å². The lowest BCUT2D eigenvalue weighted by Crippen LogP contribution is -2.54.